The predicted molar refractivity (Wildman–Crippen MR) is 126 cm³/mol. The van der Waals surface area contributed by atoms with Gasteiger partial charge in [0.05, 0.1) is 17.1 Å². The van der Waals surface area contributed by atoms with Crippen LogP contribution in [0.2, 0.25) is 0 Å². The van der Waals surface area contributed by atoms with Gasteiger partial charge in [-0.1, -0.05) is 40.2 Å². The van der Waals surface area contributed by atoms with Crippen molar-refractivity contribution in [3.63, 3.8) is 0 Å². The number of aryl methyl sites for hydroxylation is 1. The third-order valence-corrected chi connectivity index (χ3v) is 6.22. The Morgan fingerprint density at radius 1 is 0.969 bits per heavy atom. The summed E-state index contributed by atoms with van der Waals surface area (Å²) in [5, 5.41) is 20.4. The summed E-state index contributed by atoms with van der Waals surface area (Å²) in [6.45, 7) is 12.8. The number of rotatable bonds is 11. The highest BCUT2D eigenvalue weighted by molar-refractivity contribution is 5.98. The van der Waals surface area contributed by atoms with Gasteiger partial charge in [-0.25, -0.2) is 9.59 Å². The molecule has 2 rings (SSSR count). The Hall–Kier alpha value is -2.63. The average molecular weight is 443 g/mol. The molecule has 0 saturated heterocycles. The van der Waals surface area contributed by atoms with E-state index in [1.165, 1.54) is 0 Å². The van der Waals surface area contributed by atoms with Crippen molar-refractivity contribution < 1.29 is 19.8 Å². The van der Waals surface area contributed by atoms with Gasteiger partial charge in [-0.05, 0) is 63.0 Å². The van der Waals surface area contributed by atoms with Crippen molar-refractivity contribution in [2.24, 2.45) is 11.8 Å². The second-order valence-electron chi connectivity index (χ2n) is 9.55. The Kier molecular flexibility index (Phi) is 9.05. The van der Waals surface area contributed by atoms with Crippen LogP contribution in [0.5, 0.6) is 0 Å². The molecule has 0 amide bonds. The molecule has 2 N–H and O–H groups in total. The number of carbonyl (C=O) groups is 2. The molecule has 2 heterocycles. The molecule has 32 heavy (non-hydrogen) atoms. The zero-order chi connectivity index (χ0) is 24.0. The standard InChI is InChI=1S/C26H38N2O4/c1-16(2)10-7-13-21-20(12-8-14-27-21)24-22(25(29)30)18(5)28(15-9-11-17(3)4)19(6)23(24)26(31)32/h8,12,14,16-17,24H,7,9-11,13,15H2,1-6H3,(H,29,30)(H,31,32). The van der Waals surface area contributed by atoms with E-state index in [0.717, 1.165) is 31.4 Å². The molecule has 1 aromatic rings. The van der Waals surface area contributed by atoms with Gasteiger partial charge in [0.15, 0.2) is 0 Å². The molecule has 1 aliphatic rings. The topological polar surface area (TPSA) is 90.7 Å². The number of hydrogen-bond acceptors (Lipinski definition) is 4. The van der Waals surface area contributed by atoms with Gasteiger partial charge in [0, 0.05) is 29.8 Å². The summed E-state index contributed by atoms with van der Waals surface area (Å²) >= 11 is 0. The van der Waals surface area contributed by atoms with Crippen molar-refractivity contribution in [2.75, 3.05) is 6.54 Å². The maximum Gasteiger partial charge on any atom is 0.334 e. The third-order valence-electron chi connectivity index (χ3n) is 6.22. The summed E-state index contributed by atoms with van der Waals surface area (Å²) in [5.41, 5.74) is 2.97. The molecule has 6 nitrogen and oxygen atoms in total. The van der Waals surface area contributed by atoms with Gasteiger partial charge in [0.25, 0.3) is 0 Å². The molecular formula is C26H38N2O4. The lowest BCUT2D eigenvalue weighted by Gasteiger charge is -2.37. The molecule has 1 aromatic heterocycles. The summed E-state index contributed by atoms with van der Waals surface area (Å²) in [4.78, 5) is 31.3. The molecule has 0 aliphatic carbocycles. The van der Waals surface area contributed by atoms with Gasteiger partial charge in [-0.2, -0.15) is 0 Å². The highest BCUT2D eigenvalue weighted by atomic mass is 16.4. The Morgan fingerprint density at radius 2 is 1.50 bits per heavy atom. The van der Waals surface area contributed by atoms with E-state index in [-0.39, 0.29) is 11.1 Å². The zero-order valence-electron chi connectivity index (χ0n) is 20.3. The number of aromatic nitrogens is 1. The summed E-state index contributed by atoms with van der Waals surface area (Å²) < 4.78 is 0. The SMILES string of the molecule is CC1=C(C(=O)O)C(c2cccnc2CCCC(C)C)C(C(=O)O)=C(C)N1CCCC(C)C. The largest absolute Gasteiger partial charge is 0.478 e. The number of allylic oxidation sites excluding steroid dienone is 2. The Labute approximate surface area is 192 Å². The lowest BCUT2D eigenvalue weighted by atomic mass is 9.78. The van der Waals surface area contributed by atoms with Gasteiger partial charge in [0.2, 0.25) is 0 Å². The van der Waals surface area contributed by atoms with Crippen LogP contribution in [0.3, 0.4) is 0 Å². The first kappa shape index (κ1) is 25.6. The number of carboxylic acid groups (broad SMARTS) is 2. The van der Waals surface area contributed by atoms with Gasteiger partial charge >= 0.3 is 11.9 Å². The second-order valence-corrected chi connectivity index (χ2v) is 9.55. The minimum Gasteiger partial charge on any atom is -0.478 e. The molecule has 176 valence electrons. The molecule has 0 fully saturated rings. The molecule has 0 bridgehead atoms. The number of nitrogens with zero attached hydrogens (tertiary/aromatic N) is 2. The Bertz CT molecular complexity index is 861. The lowest BCUT2D eigenvalue weighted by molar-refractivity contribution is -0.133. The van der Waals surface area contributed by atoms with Crippen molar-refractivity contribution in [3.05, 3.63) is 52.1 Å². The molecule has 0 aromatic carbocycles. The van der Waals surface area contributed by atoms with Gasteiger partial charge in [-0.15, -0.1) is 0 Å². The molecule has 6 heteroatoms. The molecule has 0 spiro atoms. The summed E-state index contributed by atoms with van der Waals surface area (Å²) in [7, 11) is 0. The van der Waals surface area contributed by atoms with Crippen LogP contribution in [0.15, 0.2) is 40.9 Å². The molecule has 0 unspecified atom stereocenters. The van der Waals surface area contributed by atoms with Crippen LogP contribution in [0.25, 0.3) is 0 Å². The Balaban J connectivity index is 2.57. The number of carboxylic acids is 2. The van der Waals surface area contributed by atoms with E-state index in [1.807, 2.05) is 11.0 Å². The lowest BCUT2D eigenvalue weighted by Crippen LogP contribution is -2.35. The maximum absolute atomic E-state index is 12.4. The van der Waals surface area contributed by atoms with E-state index in [2.05, 4.69) is 32.7 Å². The van der Waals surface area contributed by atoms with Crippen molar-refractivity contribution in [1.82, 2.24) is 9.88 Å². The van der Waals surface area contributed by atoms with E-state index >= 15 is 0 Å². The fourth-order valence-corrected chi connectivity index (χ4v) is 4.56. The molecule has 1 aliphatic heterocycles. The average Bonchev–Trinajstić information content (AvgIpc) is 2.69. The van der Waals surface area contributed by atoms with Crippen molar-refractivity contribution in [2.45, 2.75) is 79.6 Å². The molecule has 0 radical (unpaired) electrons. The van der Waals surface area contributed by atoms with E-state index < -0.39 is 17.9 Å². The van der Waals surface area contributed by atoms with Crippen molar-refractivity contribution in [1.29, 1.82) is 0 Å². The van der Waals surface area contributed by atoms with E-state index in [4.69, 9.17) is 0 Å². The number of aliphatic carboxylic acids is 2. The first-order chi connectivity index (χ1) is 15.1. The highest BCUT2D eigenvalue weighted by Crippen LogP contribution is 2.43. The second kappa shape index (κ2) is 11.3. The van der Waals surface area contributed by atoms with Crippen molar-refractivity contribution >= 4 is 11.9 Å². The summed E-state index contributed by atoms with van der Waals surface area (Å²) in [6, 6.07) is 3.60. The summed E-state index contributed by atoms with van der Waals surface area (Å²) in [6.07, 6.45) is 6.21. The summed E-state index contributed by atoms with van der Waals surface area (Å²) in [5.74, 6) is -1.91. The van der Waals surface area contributed by atoms with E-state index in [0.29, 0.717) is 41.8 Å². The number of pyridine rings is 1. The van der Waals surface area contributed by atoms with Crippen LogP contribution in [0.4, 0.5) is 0 Å². The first-order valence-corrected chi connectivity index (χ1v) is 11.7. The molecular weight excluding hydrogens is 404 g/mol. The Morgan fingerprint density at radius 3 is 2.00 bits per heavy atom. The normalized spacial score (nSPS) is 15.3. The fourth-order valence-electron chi connectivity index (χ4n) is 4.56. The predicted octanol–water partition coefficient (Wildman–Crippen LogP) is 5.61. The minimum atomic E-state index is -1.08. The van der Waals surface area contributed by atoms with Crippen LogP contribution in [0, 0.1) is 11.8 Å². The number of hydrogen-bond donors (Lipinski definition) is 2. The fraction of sp³-hybridized carbons (Fsp3) is 0.577. The monoisotopic (exact) mass is 442 g/mol. The minimum absolute atomic E-state index is 0.135. The van der Waals surface area contributed by atoms with Crippen LogP contribution in [0.1, 0.15) is 84.4 Å². The first-order valence-electron chi connectivity index (χ1n) is 11.7. The van der Waals surface area contributed by atoms with Gasteiger partial charge in [0.1, 0.15) is 0 Å². The van der Waals surface area contributed by atoms with Gasteiger partial charge in [-0.3, -0.25) is 4.98 Å². The van der Waals surface area contributed by atoms with Crippen molar-refractivity contribution in [3.8, 4) is 0 Å². The van der Waals surface area contributed by atoms with Gasteiger partial charge < -0.3 is 15.1 Å². The zero-order valence-corrected chi connectivity index (χ0v) is 20.3. The highest BCUT2D eigenvalue weighted by Gasteiger charge is 2.40. The van der Waals surface area contributed by atoms with Crippen LogP contribution < -0.4 is 0 Å². The quantitative estimate of drug-likeness (QED) is 0.463. The third kappa shape index (κ3) is 5.99. The van der Waals surface area contributed by atoms with Crippen LogP contribution in [-0.4, -0.2) is 38.6 Å². The maximum atomic E-state index is 12.4. The molecule has 0 saturated carbocycles. The van der Waals surface area contributed by atoms with E-state index in [9.17, 15) is 19.8 Å². The smallest absolute Gasteiger partial charge is 0.334 e. The van der Waals surface area contributed by atoms with Crippen LogP contribution >= 0.6 is 0 Å². The van der Waals surface area contributed by atoms with E-state index in [1.54, 1.807) is 26.1 Å². The van der Waals surface area contributed by atoms with Crippen LogP contribution in [-0.2, 0) is 16.0 Å². The molecule has 0 atom stereocenters.